The van der Waals surface area contributed by atoms with Crippen molar-refractivity contribution >= 4 is 13.3 Å². The Kier molecular flexibility index (Phi) is 4.03. The van der Waals surface area contributed by atoms with E-state index in [1.807, 2.05) is 0 Å². The lowest BCUT2D eigenvalue weighted by Crippen LogP contribution is -2.24. The third-order valence-electron chi connectivity index (χ3n) is 1.74. The zero-order valence-electron chi connectivity index (χ0n) is 7.96. The maximum atomic E-state index is 11.4. The van der Waals surface area contributed by atoms with E-state index in [1.54, 1.807) is 30.3 Å². The Morgan fingerprint density at radius 2 is 1.93 bits per heavy atom. The summed E-state index contributed by atoms with van der Waals surface area (Å²) in [5.41, 5.74) is 0.412. The minimum absolute atomic E-state index is 0.412. The molecule has 1 amide bonds. The van der Waals surface area contributed by atoms with E-state index in [1.165, 1.54) is 0 Å². The number of benzene rings is 1. The summed E-state index contributed by atoms with van der Waals surface area (Å²) in [6.07, 6.45) is -1.25. The summed E-state index contributed by atoms with van der Waals surface area (Å²) in [5.74, 6) is -0.432. The molecular weight excluding hydrogens is 217 g/mol. The average Bonchev–Trinajstić information content (AvgIpc) is 2.27. The third-order valence-corrected chi connectivity index (χ3v) is 2.84. The van der Waals surface area contributed by atoms with Gasteiger partial charge in [-0.05, 0) is 12.1 Å². The topological polar surface area (TPSA) is 86.6 Å². The smallest absolute Gasteiger partial charge is 0.251 e. The summed E-state index contributed by atoms with van der Waals surface area (Å²) in [6.45, 7) is 0. The van der Waals surface area contributed by atoms with Crippen LogP contribution in [0.3, 0.4) is 0 Å². The number of hydrogen-bond acceptors (Lipinski definition) is 3. The Labute approximate surface area is 87.2 Å². The molecule has 1 atom stereocenters. The van der Waals surface area contributed by atoms with Gasteiger partial charge in [-0.3, -0.25) is 9.36 Å². The second kappa shape index (κ2) is 5.07. The number of aliphatic hydroxyl groups excluding tert-OH is 1. The minimum Gasteiger partial charge on any atom is -0.386 e. The lowest BCUT2D eigenvalue weighted by Gasteiger charge is -2.09. The molecule has 6 heteroatoms. The molecule has 0 aliphatic carbocycles. The van der Waals surface area contributed by atoms with E-state index in [0.717, 1.165) is 0 Å². The van der Waals surface area contributed by atoms with Gasteiger partial charge in [0.15, 0.2) is 0 Å². The molecule has 0 aromatic heterocycles. The van der Waals surface area contributed by atoms with Crippen molar-refractivity contribution in [1.29, 1.82) is 0 Å². The first-order valence-corrected chi connectivity index (χ1v) is 6.33. The van der Waals surface area contributed by atoms with Crippen LogP contribution in [0.25, 0.3) is 0 Å². The second-order valence-corrected chi connectivity index (χ2v) is 5.31. The Hall–Kier alpha value is -1.16. The molecule has 1 aromatic rings. The van der Waals surface area contributed by atoms with Gasteiger partial charge in [0.05, 0.1) is 6.29 Å². The van der Waals surface area contributed by atoms with Gasteiger partial charge in [0.25, 0.3) is 5.91 Å². The molecule has 0 spiro atoms. The first-order valence-electron chi connectivity index (χ1n) is 4.30. The zero-order chi connectivity index (χ0) is 11.3. The van der Waals surface area contributed by atoms with Crippen molar-refractivity contribution in [2.45, 2.75) is 0 Å². The number of nitrogens with one attached hydrogen (secondary N) is 1. The van der Waals surface area contributed by atoms with Crippen LogP contribution in [0, 0.1) is 0 Å². The SMILES string of the molecule is O=C(NCP(=O)(O)CO)c1ccccc1. The molecule has 5 nitrogen and oxygen atoms in total. The highest BCUT2D eigenvalue weighted by molar-refractivity contribution is 7.57. The second-order valence-electron chi connectivity index (χ2n) is 3.02. The standard InChI is InChI=1S/C9H12NO4P/c11-7-15(13,14)6-10-9(12)8-4-2-1-3-5-8/h1-5,11H,6-7H2,(H,10,12)(H,13,14). The van der Waals surface area contributed by atoms with Crippen molar-refractivity contribution < 1.29 is 19.4 Å². The van der Waals surface area contributed by atoms with Crippen molar-refractivity contribution in [2.75, 3.05) is 12.6 Å². The van der Waals surface area contributed by atoms with Gasteiger partial charge < -0.3 is 15.3 Å². The number of aliphatic hydroxyl groups is 1. The van der Waals surface area contributed by atoms with Crippen LogP contribution < -0.4 is 5.32 Å². The molecule has 1 rings (SSSR count). The van der Waals surface area contributed by atoms with Gasteiger partial charge in [-0.15, -0.1) is 0 Å². The van der Waals surface area contributed by atoms with Crippen LogP contribution in [0.5, 0.6) is 0 Å². The van der Waals surface area contributed by atoms with E-state index in [0.29, 0.717) is 5.56 Å². The van der Waals surface area contributed by atoms with Gasteiger partial charge in [-0.25, -0.2) is 0 Å². The van der Waals surface area contributed by atoms with Crippen LogP contribution in [0.15, 0.2) is 30.3 Å². The normalized spacial score (nSPS) is 14.3. The molecule has 15 heavy (non-hydrogen) atoms. The highest BCUT2D eigenvalue weighted by Crippen LogP contribution is 2.36. The minimum atomic E-state index is -3.62. The number of carbonyl (C=O) groups excluding carboxylic acids is 1. The van der Waals surface area contributed by atoms with E-state index < -0.39 is 25.9 Å². The van der Waals surface area contributed by atoms with E-state index >= 15 is 0 Å². The number of amides is 1. The maximum absolute atomic E-state index is 11.4. The molecule has 0 heterocycles. The predicted octanol–water partition coefficient (Wildman–Crippen LogP) is 0.594. The Bertz CT molecular complexity index is 379. The molecular formula is C9H12NO4P. The van der Waals surface area contributed by atoms with Gasteiger partial charge in [0, 0.05) is 5.56 Å². The molecule has 3 N–H and O–H groups in total. The van der Waals surface area contributed by atoms with Gasteiger partial charge in [0.1, 0.15) is 6.35 Å². The highest BCUT2D eigenvalue weighted by atomic mass is 31.2. The fraction of sp³-hybridized carbons (Fsp3) is 0.222. The summed E-state index contributed by atoms with van der Waals surface area (Å²) in [6, 6.07) is 8.34. The summed E-state index contributed by atoms with van der Waals surface area (Å²) < 4.78 is 11.0. The lowest BCUT2D eigenvalue weighted by molar-refractivity contribution is 0.0958. The van der Waals surface area contributed by atoms with Crippen LogP contribution >= 0.6 is 7.37 Å². The number of hydrogen-bond donors (Lipinski definition) is 3. The van der Waals surface area contributed by atoms with E-state index in [9.17, 15) is 9.36 Å². The summed E-state index contributed by atoms with van der Waals surface area (Å²) in [4.78, 5) is 20.4. The predicted molar refractivity (Wildman–Crippen MR) is 55.7 cm³/mol. The molecule has 0 aliphatic heterocycles. The van der Waals surface area contributed by atoms with Crippen LogP contribution in [-0.2, 0) is 4.57 Å². The fourth-order valence-corrected chi connectivity index (χ4v) is 1.43. The Morgan fingerprint density at radius 1 is 1.33 bits per heavy atom. The molecule has 0 aliphatic rings. The average molecular weight is 229 g/mol. The zero-order valence-corrected chi connectivity index (χ0v) is 8.85. The van der Waals surface area contributed by atoms with Gasteiger partial charge >= 0.3 is 0 Å². The molecule has 0 saturated carbocycles. The Morgan fingerprint density at radius 3 is 2.47 bits per heavy atom. The van der Waals surface area contributed by atoms with Crippen molar-refractivity contribution in [3.8, 4) is 0 Å². The van der Waals surface area contributed by atoms with Crippen molar-refractivity contribution in [3.05, 3.63) is 35.9 Å². The first-order chi connectivity index (χ1) is 7.05. The largest absolute Gasteiger partial charge is 0.386 e. The monoisotopic (exact) mass is 229 g/mol. The molecule has 0 saturated heterocycles. The maximum Gasteiger partial charge on any atom is 0.251 e. The quantitative estimate of drug-likeness (QED) is 0.659. The van der Waals surface area contributed by atoms with Crippen molar-refractivity contribution in [2.24, 2.45) is 0 Å². The van der Waals surface area contributed by atoms with Gasteiger partial charge in [-0.2, -0.15) is 0 Å². The van der Waals surface area contributed by atoms with Crippen LogP contribution in [0.2, 0.25) is 0 Å². The summed E-state index contributed by atoms with van der Waals surface area (Å²) in [5, 5.41) is 10.8. The molecule has 0 bridgehead atoms. The van der Waals surface area contributed by atoms with Gasteiger partial charge in [0.2, 0.25) is 7.37 Å². The summed E-state index contributed by atoms with van der Waals surface area (Å²) in [7, 11) is -3.62. The summed E-state index contributed by atoms with van der Waals surface area (Å²) >= 11 is 0. The van der Waals surface area contributed by atoms with Crippen LogP contribution in [0.4, 0.5) is 0 Å². The van der Waals surface area contributed by atoms with E-state index in [-0.39, 0.29) is 0 Å². The molecule has 1 aromatic carbocycles. The first kappa shape index (κ1) is 11.9. The molecule has 0 radical (unpaired) electrons. The third kappa shape index (κ3) is 3.83. The number of rotatable bonds is 4. The molecule has 1 unspecified atom stereocenters. The fourth-order valence-electron chi connectivity index (χ4n) is 0.937. The van der Waals surface area contributed by atoms with Gasteiger partial charge in [-0.1, -0.05) is 18.2 Å². The molecule has 82 valence electrons. The lowest BCUT2D eigenvalue weighted by atomic mass is 10.2. The van der Waals surface area contributed by atoms with E-state index in [2.05, 4.69) is 5.32 Å². The molecule has 0 fully saturated rings. The van der Waals surface area contributed by atoms with Crippen molar-refractivity contribution in [1.82, 2.24) is 5.32 Å². The Balaban J connectivity index is 2.55. The number of carbonyl (C=O) groups is 1. The van der Waals surface area contributed by atoms with E-state index in [4.69, 9.17) is 10.00 Å². The van der Waals surface area contributed by atoms with Crippen LogP contribution in [0.1, 0.15) is 10.4 Å². The van der Waals surface area contributed by atoms with Crippen LogP contribution in [-0.4, -0.2) is 28.5 Å². The van der Waals surface area contributed by atoms with Crippen molar-refractivity contribution in [3.63, 3.8) is 0 Å². The highest BCUT2D eigenvalue weighted by Gasteiger charge is 2.17.